The quantitative estimate of drug-likeness (QED) is 0.835. The van der Waals surface area contributed by atoms with Crippen molar-refractivity contribution in [2.45, 2.75) is 19.4 Å². The number of aromatic nitrogens is 2. The molecule has 1 aromatic heterocycles. The summed E-state index contributed by atoms with van der Waals surface area (Å²) >= 11 is 0. The van der Waals surface area contributed by atoms with Crippen LogP contribution >= 0.6 is 0 Å². The van der Waals surface area contributed by atoms with Crippen LogP contribution in [0.3, 0.4) is 0 Å². The van der Waals surface area contributed by atoms with Crippen molar-refractivity contribution >= 4 is 5.91 Å². The van der Waals surface area contributed by atoms with Crippen LogP contribution in [0.1, 0.15) is 12.1 Å². The molecule has 3 heterocycles. The molecule has 1 N–H and O–H groups in total. The van der Waals surface area contributed by atoms with Gasteiger partial charge in [-0.05, 0) is 12.5 Å². The highest BCUT2D eigenvalue weighted by Crippen LogP contribution is 2.19. The predicted molar refractivity (Wildman–Crippen MR) is 74.3 cm³/mol. The molecule has 1 fully saturated rings. The second-order valence-corrected chi connectivity index (χ2v) is 5.48. The largest absolute Gasteiger partial charge is 0.379 e. The first-order valence-electron chi connectivity index (χ1n) is 7.41. The van der Waals surface area contributed by atoms with Gasteiger partial charge in [0, 0.05) is 57.0 Å². The van der Waals surface area contributed by atoms with Crippen LogP contribution in [-0.4, -0.2) is 60.0 Å². The van der Waals surface area contributed by atoms with Gasteiger partial charge in [-0.3, -0.25) is 14.4 Å². The minimum atomic E-state index is 0.101. The molecule has 20 heavy (non-hydrogen) atoms. The maximum atomic E-state index is 12.2. The van der Waals surface area contributed by atoms with Gasteiger partial charge in [0.15, 0.2) is 0 Å². The van der Waals surface area contributed by atoms with Crippen LogP contribution in [0.25, 0.3) is 0 Å². The fourth-order valence-electron chi connectivity index (χ4n) is 2.90. The van der Waals surface area contributed by atoms with Gasteiger partial charge in [0.25, 0.3) is 0 Å². The monoisotopic (exact) mass is 278 g/mol. The second kappa shape index (κ2) is 6.37. The molecule has 1 aromatic rings. The van der Waals surface area contributed by atoms with Crippen molar-refractivity contribution in [1.82, 2.24) is 20.0 Å². The van der Waals surface area contributed by atoms with E-state index < -0.39 is 0 Å². The lowest BCUT2D eigenvalue weighted by Crippen LogP contribution is -2.43. The number of aryl methyl sites for hydroxylation is 1. The summed E-state index contributed by atoms with van der Waals surface area (Å²) in [5, 5.41) is 7.31. The minimum Gasteiger partial charge on any atom is -0.379 e. The zero-order chi connectivity index (χ0) is 13.8. The van der Waals surface area contributed by atoms with Crippen LogP contribution in [0.15, 0.2) is 12.3 Å². The van der Waals surface area contributed by atoms with Crippen molar-refractivity contribution in [3.63, 3.8) is 0 Å². The standard InChI is InChI=1S/C14H22N4O2/c19-14(15-4-6-17-7-9-20-10-8-17)12-2-5-18-13(11-12)1-3-16-18/h1,3,12H,2,4-11H2,(H,15,19). The normalized spacial score (nSPS) is 23.3. The van der Waals surface area contributed by atoms with E-state index in [4.69, 9.17) is 4.74 Å². The molecule has 0 aromatic carbocycles. The molecule has 1 amide bonds. The van der Waals surface area contributed by atoms with E-state index in [-0.39, 0.29) is 11.8 Å². The molecule has 3 rings (SSSR count). The molecular weight excluding hydrogens is 256 g/mol. The fourth-order valence-corrected chi connectivity index (χ4v) is 2.90. The SMILES string of the molecule is O=C(NCCN1CCOCC1)C1CCn2nccc2C1. The molecule has 6 nitrogen and oxygen atoms in total. The van der Waals surface area contributed by atoms with E-state index in [2.05, 4.69) is 15.3 Å². The molecule has 110 valence electrons. The molecule has 1 saturated heterocycles. The number of rotatable bonds is 4. The third-order valence-corrected chi connectivity index (χ3v) is 4.15. The van der Waals surface area contributed by atoms with E-state index >= 15 is 0 Å². The number of fused-ring (bicyclic) bond motifs is 1. The zero-order valence-corrected chi connectivity index (χ0v) is 11.8. The number of nitrogens with zero attached hydrogens (tertiary/aromatic N) is 3. The Labute approximate surface area is 119 Å². The highest BCUT2D eigenvalue weighted by atomic mass is 16.5. The van der Waals surface area contributed by atoms with Gasteiger partial charge in [-0.15, -0.1) is 0 Å². The molecule has 1 atom stereocenters. The summed E-state index contributed by atoms with van der Waals surface area (Å²) in [4.78, 5) is 14.5. The van der Waals surface area contributed by atoms with Crippen LogP contribution in [0.2, 0.25) is 0 Å². The van der Waals surface area contributed by atoms with Crippen molar-refractivity contribution in [2.24, 2.45) is 5.92 Å². The number of hydrogen-bond acceptors (Lipinski definition) is 4. The number of amides is 1. The Kier molecular flexibility index (Phi) is 4.32. The molecule has 0 saturated carbocycles. The average Bonchev–Trinajstić information content (AvgIpc) is 2.95. The van der Waals surface area contributed by atoms with Crippen molar-refractivity contribution in [2.75, 3.05) is 39.4 Å². The van der Waals surface area contributed by atoms with Crippen molar-refractivity contribution in [3.8, 4) is 0 Å². The Morgan fingerprint density at radius 1 is 1.40 bits per heavy atom. The lowest BCUT2D eigenvalue weighted by molar-refractivity contribution is -0.125. The van der Waals surface area contributed by atoms with E-state index in [1.807, 2.05) is 16.9 Å². The maximum absolute atomic E-state index is 12.2. The van der Waals surface area contributed by atoms with Gasteiger partial charge in [-0.2, -0.15) is 5.10 Å². The lowest BCUT2D eigenvalue weighted by Gasteiger charge is -2.27. The number of hydrogen-bond donors (Lipinski definition) is 1. The number of carbonyl (C=O) groups excluding carboxylic acids is 1. The highest BCUT2D eigenvalue weighted by molar-refractivity contribution is 5.79. The number of morpholine rings is 1. The minimum absolute atomic E-state index is 0.101. The summed E-state index contributed by atoms with van der Waals surface area (Å²) in [6, 6.07) is 2.01. The van der Waals surface area contributed by atoms with Crippen molar-refractivity contribution < 1.29 is 9.53 Å². The van der Waals surface area contributed by atoms with Gasteiger partial charge >= 0.3 is 0 Å². The van der Waals surface area contributed by atoms with Gasteiger partial charge in [-0.25, -0.2) is 0 Å². The summed E-state index contributed by atoms with van der Waals surface area (Å²) in [5.74, 6) is 0.287. The lowest BCUT2D eigenvalue weighted by atomic mass is 9.95. The zero-order valence-electron chi connectivity index (χ0n) is 11.8. The third kappa shape index (κ3) is 3.19. The predicted octanol–water partition coefficient (Wildman–Crippen LogP) is -0.106. The Hall–Kier alpha value is -1.40. The summed E-state index contributed by atoms with van der Waals surface area (Å²) in [5.41, 5.74) is 1.17. The Balaban J connectivity index is 1.41. The summed E-state index contributed by atoms with van der Waals surface area (Å²) in [7, 11) is 0. The van der Waals surface area contributed by atoms with Gasteiger partial charge in [-0.1, -0.05) is 0 Å². The summed E-state index contributed by atoms with van der Waals surface area (Å²) in [6.07, 6.45) is 3.51. The van der Waals surface area contributed by atoms with Gasteiger partial charge in [0.2, 0.25) is 5.91 Å². The summed E-state index contributed by atoms with van der Waals surface area (Å²) in [6.45, 7) is 6.05. The molecule has 0 spiro atoms. The molecule has 2 aliphatic rings. The molecule has 2 aliphatic heterocycles. The van der Waals surface area contributed by atoms with Crippen molar-refractivity contribution in [1.29, 1.82) is 0 Å². The van der Waals surface area contributed by atoms with Gasteiger partial charge < -0.3 is 10.1 Å². The van der Waals surface area contributed by atoms with Gasteiger partial charge in [0.05, 0.1) is 13.2 Å². The first-order chi connectivity index (χ1) is 9.83. The average molecular weight is 278 g/mol. The van der Waals surface area contributed by atoms with E-state index in [0.717, 1.165) is 58.8 Å². The van der Waals surface area contributed by atoms with Crippen LogP contribution < -0.4 is 5.32 Å². The van der Waals surface area contributed by atoms with Crippen molar-refractivity contribution in [3.05, 3.63) is 18.0 Å². The molecular formula is C14H22N4O2. The molecule has 0 bridgehead atoms. The van der Waals surface area contributed by atoms with E-state index in [1.54, 1.807) is 0 Å². The smallest absolute Gasteiger partial charge is 0.223 e. The first-order valence-corrected chi connectivity index (χ1v) is 7.41. The van der Waals surface area contributed by atoms with Gasteiger partial charge in [0.1, 0.15) is 0 Å². The van der Waals surface area contributed by atoms with Crippen LogP contribution in [0, 0.1) is 5.92 Å². The molecule has 0 radical (unpaired) electrons. The Bertz CT molecular complexity index is 454. The van der Waals surface area contributed by atoms with E-state index in [9.17, 15) is 4.79 Å². The van der Waals surface area contributed by atoms with E-state index in [0.29, 0.717) is 0 Å². The Morgan fingerprint density at radius 3 is 3.10 bits per heavy atom. The molecule has 6 heteroatoms. The number of carbonyl (C=O) groups is 1. The highest BCUT2D eigenvalue weighted by Gasteiger charge is 2.24. The first kappa shape index (κ1) is 13.6. The maximum Gasteiger partial charge on any atom is 0.223 e. The van der Waals surface area contributed by atoms with Crippen LogP contribution in [-0.2, 0) is 22.5 Å². The van der Waals surface area contributed by atoms with Crippen LogP contribution in [0.4, 0.5) is 0 Å². The number of nitrogens with one attached hydrogen (secondary N) is 1. The third-order valence-electron chi connectivity index (χ3n) is 4.15. The summed E-state index contributed by atoms with van der Waals surface area (Å²) < 4.78 is 7.31. The Morgan fingerprint density at radius 2 is 2.25 bits per heavy atom. The fraction of sp³-hybridized carbons (Fsp3) is 0.714. The number of ether oxygens (including phenoxy) is 1. The molecule has 0 aliphatic carbocycles. The molecule has 1 unspecified atom stereocenters. The second-order valence-electron chi connectivity index (χ2n) is 5.48. The topological polar surface area (TPSA) is 59.4 Å². The van der Waals surface area contributed by atoms with Crippen LogP contribution in [0.5, 0.6) is 0 Å². The van der Waals surface area contributed by atoms with E-state index in [1.165, 1.54) is 5.69 Å².